The van der Waals surface area contributed by atoms with Crippen LogP contribution in [0.5, 0.6) is 0 Å². The van der Waals surface area contributed by atoms with Crippen LogP contribution in [0.1, 0.15) is 45.0 Å². The van der Waals surface area contributed by atoms with Crippen molar-refractivity contribution in [3.8, 4) is 0 Å². The molecular formula is C18H20Br2O. The number of rotatable bonds is 2. The van der Waals surface area contributed by atoms with Gasteiger partial charge < -0.3 is 5.11 Å². The molecule has 1 unspecified atom stereocenters. The Bertz CT molecular complexity index is 656. The monoisotopic (exact) mass is 410 g/mol. The van der Waals surface area contributed by atoms with Gasteiger partial charge in [-0.1, -0.05) is 31.9 Å². The quantitative estimate of drug-likeness (QED) is 0.658. The zero-order valence-electron chi connectivity index (χ0n) is 13.0. The third-order valence-electron chi connectivity index (χ3n) is 4.53. The molecule has 1 atom stereocenters. The number of halogens is 2. The summed E-state index contributed by atoms with van der Waals surface area (Å²) in [7, 11) is 0. The van der Waals surface area contributed by atoms with E-state index in [4.69, 9.17) is 0 Å². The Morgan fingerprint density at radius 2 is 1.10 bits per heavy atom. The van der Waals surface area contributed by atoms with Crippen LogP contribution in [0.15, 0.2) is 27.1 Å². The predicted molar refractivity (Wildman–Crippen MR) is 96.0 cm³/mol. The number of aliphatic hydroxyl groups is 1. The molecule has 0 fully saturated rings. The van der Waals surface area contributed by atoms with E-state index < -0.39 is 6.10 Å². The Kier molecular flexibility index (Phi) is 4.96. The second-order valence-electron chi connectivity index (χ2n) is 5.64. The van der Waals surface area contributed by atoms with Gasteiger partial charge in [-0.2, -0.15) is 0 Å². The number of hydrogen-bond donors (Lipinski definition) is 1. The van der Waals surface area contributed by atoms with Gasteiger partial charge in [0.15, 0.2) is 0 Å². The SMILES string of the molecule is Cc1c(C)c(C)c(C(O)c2cc(Br)cc(Br)c2)c(C)c1C. The van der Waals surface area contributed by atoms with E-state index in [9.17, 15) is 5.11 Å². The van der Waals surface area contributed by atoms with E-state index >= 15 is 0 Å². The van der Waals surface area contributed by atoms with E-state index in [1.165, 1.54) is 27.8 Å². The molecule has 2 aromatic rings. The summed E-state index contributed by atoms with van der Waals surface area (Å²) >= 11 is 6.98. The lowest BCUT2D eigenvalue weighted by Crippen LogP contribution is -2.09. The maximum atomic E-state index is 10.9. The number of aliphatic hydroxyl groups excluding tert-OH is 1. The van der Waals surface area contributed by atoms with Crippen molar-refractivity contribution in [2.75, 3.05) is 0 Å². The number of hydrogen-bond acceptors (Lipinski definition) is 1. The predicted octanol–water partition coefficient (Wildman–Crippen LogP) is 5.84. The van der Waals surface area contributed by atoms with Crippen LogP contribution in [0.2, 0.25) is 0 Å². The van der Waals surface area contributed by atoms with E-state index in [2.05, 4.69) is 66.5 Å². The van der Waals surface area contributed by atoms with Gasteiger partial charge in [0.25, 0.3) is 0 Å². The van der Waals surface area contributed by atoms with Crippen LogP contribution in [0, 0.1) is 34.6 Å². The molecule has 0 aliphatic heterocycles. The summed E-state index contributed by atoms with van der Waals surface area (Å²) in [5.74, 6) is 0. The summed E-state index contributed by atoms with van der Waals surface area (Å²) < 4.78 is 1.92. The summed E-state index contributed by atoms with van der Waals surface area (Å²) in [6.45, 7) is 10.6. The summed E-state index contributed by atoms with van der Waals surface area (Å²) in [4.78, 5) is 0. The lowest BCUT2D eigenvalue weighted by molar-refractivity contribution is 0.218. The molecular weight excluding hydrogens is 392 g/mol. The van der Waals surface area contributed by atoms with Crippen LogP contribution in [0.4, 0.5) is 0 Å². The van der Waals surface area contributed by atoms with Gasteiger partial charge in [0.1, 0.15) is 6.10 Å². The Hall–Kier alpha value is -0.640. The molecule has 0 saturated heterocycles. The first-order chi connectivity index (χ1) is 9.73. The molecule has 0 amide bonds. The van der Waals surface area contributed by atoms with E-state index in [1.807, 2.05) is 18.2 Å². The van der Waals surface area contributed by atoms with Gasteiger partial charge in [0, 0.05) is 8.95 Å². The molecule has 0 spiro atoms. The van der Waals surface area contributed by atoms with Crippen molar-refractivity contribution in [1.29, 1.82) is 0 Å². The first-order valence-electron chi connectivity index (χ1n) is 6.95. The van der Waals surface area contributed by atoms with Crippen molar-refractivity contribution < 1.29 is 5.11 Å². The molecule has 0 heterocycles. The maximum absolute atomic E-state index is 10.9. The van der Waals surface area contributed by atoms with Gasteiger partial charge in [-0.25, -0.2) is 0 Å². The molecule has 0 saturated carbocycles. The molecule has 0 radical (unpaired) electrons. The normalized spacial score (nSPS) is 12.6. The minimum absolute atomic E-state index is 0.614. The highest BCUT2D eigenvalue weighted by Crippen LogP contribution is 2.35. The zero-order chi connectivity index (χ0) is 15.9. The van der Waals surface area contributed by atoms with Crippen molar-refractivity contribution in [2.24, 2.45) is 0 Å². The first kappa shape index (κ1) is 16.7. The molecule has 0 aliphatic rings. The third-order valence-corrected chi connectivity index (χ3v) is 5.45. The molecule has 3 heteroatoms. The lowest BCUT2D eigenvalue weighted by Gasteiger charge is -2.23. The van der Waals surface area contributed by atoms with Crippen molar-refractivity contribution >= 4 is 31.9 Å². The zero-order valence-corrected chi connectivity index (χ0v) is 16.2. The molecule has 21 heavy (non-hydrogen) atoms. The van der Waals surface area contributed by atoms with E-state index in [0.717, 1.165) is 20.1 Å². The fourth-order valence-electron chi connectivity index (χ4n) is 2.84. The van der Waals surface area contributed by atoms with Crippen LogP contribution >= 0.6 is 31.9 Å². The van der Waals surface area contributed by atoms with Crippen LogP contribution in [-0.2, 0) is 0 Å². The van der Waals surface area contributed by atoms with E-state index in [-0.39, 0.29) is 0 Å². The molecule has 1 nitrogen and oxygen atoms in total. The Labute approximate surface area is 143 Å². The molecule has 112 valence electrons. The second kappa shape index (κ2) is 6.23. The average molecular weight is 412 g/mol. The highest BCUT2D eigenvalue weighted by Gasteiger charge is 2.20. The standard InChI is InChI=1S/C18H20Br2O/c1-9-10(2)12(4)17(13(5)11(9)3)18(21)14-6-15(19)8-16(20)7-14/h6-8,18,21H,1-5H3. The summed E-state index contributed by atoms with van der Waals surface area (Å²) in [6.07, 6.45) is -0.614. The Morgan fingerprint density at radius 3 is 1.52 bits per heavy atom. The average Bonchev–Trinajstić information content (AvgIpc) is 2.42. The fraction of sp³-hybridized carbons (Fsp3) is 0.333. The summed E-state index contributed by atoms with van der Waals surface area (Å²) in [5, 5.41) is 10.9. The minimum Gasteiger partial charge on any atom is -0.384 e. The maximum Gasteiger partial charge on any atom is 0.105 e. The highest BCUT2D eigenvalue weighted by molar-refractivity contribution is 9.11. The topological polar surface area (TPSA) is 20.2 Å². The van der Waals surface area contributed by atoms with Gasteiger partial charge >= 0.3 is 0 Å². The van der Waals surface area contributed by atoms with E-state index in [0.29, 0.717) is 0 Å². The molecule has 2 aromatic carbocycles. The molecule has 1 N–H and O–H groups in total. The molecule has 2 rings (SSSR count). The minimum atomic E-state index is -0.614. The van der Waals surface area contributed by atoms with Gasteiger partial charge in [-0.05, 0) is 91.8 Å². The van der Waals surface area contributed by atoms with Gasteiger partial charge in [-0.3, -0.25) is 0 Å². The Morgan fingerprint density at radius 1 is 0.714 bits per heavy atom. The highest BCUT2D eigenvalue weighted by atomic mass is 79.9. The van der Waals surface area contributed by atoms with Gasteiger partial charge in [0.2, 0.25) is 0 Å². The molecule has 0 aromatic heterocycles. The van der Waals surface area contributed by atoms with Gasteiger partial charge in [-0.15, -0.1) is 0 Å². The van der Waals surface area contributed by atoms with Crippen molar-refractivity contribution in [3.05, 3.63) is 66.1 Å². The van der Waals surface area contributed by atoms with Crippen LogP contribution in [0.3, 0.4) is 0 Å². The van der Waals surface area contributed by atoms with E-state index in [1.54, 1.807) is 0 Å². The van der Waals surface area contributed by atoms with Gasteiger partial charge in [0.05, 0.1) is 0 Å². The van der Waals surface area contributed by atoms with Crippen molar-refractivity contribution in [3.63, 3.8) is 0 Å². The van der Waals surface area contributed by atoms with Crippen LogP contribution in [-0.4, -0.2) is 5.11 Å². The Balaban J connectivity index is 2.66. The van der Waals surface area contributed by atoms with Crippen molar-refractivity contribution in [2.45, 2.75) is 40.7 Å². The molecule has 0 bridgehead atoms. The second-order valence-corrected chi connectivity index (χ2v) is 7.48. The van der Waals surface area contributed by atoms with Crippen LogP contribution < -0.4 is 0 Å². The van der Waals surface area contributed by atoms with Crippen LogP contribution in [0.25, 0.3) is 0 Å². The fourth-order valence-corrected chi connectivity index (χ4v) is 4.17. The summed E-state index contributed by atoms with van der Waals surface area (Å²) in [5.41, 5.74) is 8.13. The van der Waals surface area contributed by atoms with Crippen molar-refractivity contribution in [1.82, 2.24) is 0 Å². The number of benzene rings is 2. The first-order valence-corrected chi connectivity index (χ1v) is 8.53. The third kappa shape index (κ3) is 3.10. The lowest BCUT2D eigenvalue weighted by atomic mass is 9.85. The smallest absolute Gasteiger partial charge is 0.105 e. The molecule has 0 aliphatic carbocycles. The summed E-state index contributed by atoms with van der Waals surface area (Å²) in [6, 6.07) is 5.92. The largest absolute Gasteiger partial charge is 0.384 e.